The fraction of sp³-hybridized carbons (Fsp3) is 0.219. The molecule has 0 radical (unpaired) electrons. The van der Waals surface area contributed by atoms with E-state index in [1.165, 1.54) is 39.0 Å². The number of aromatic nitrogens is 1. The molecule has 3 aromatic carbocycles. The second kappa shape index (κ2) is 11.4. The number of rotatable bonds is 8. The Balaban J connectivity index is 1.21. The third-order valence-corrected chi connectivity index (χ3v) is 8.70. The van der Waals surface area contributed by atoms with E-state index >= 15 is 0 Å². The van der Waals surface area contributed by atoms with Crippen LogP contribution in [-0.2, 0) is 11.3 Å². The molecule has 1 unspecified atom stereocenters. The fourth-order valence-corrected chi connectivity index (χ4v) is 6.47. The van der Waals surface area contributed by atoms with Gasteiger partial charge in [0.05, 0.1) is 4.92 Å². The number of fused-ring (bicyclic) bond motifs is 1. The predicted octanol–water partition coefficient (Wildman–Crippen LogP) is 6.53. The molecule has 1 aliphatic heterocycles. The molecule has 0 N–H and O–H groups in total. The molecule has 0 saturated carbocycles. The molecule has 1 saturated heterocycles. The van der Waals surface area contributed by atoms with Gasteiger partial charge in [-0.15, -0.1) is 11.3 Å². The Morgan fingerprint density at radius 3 is 2.30 bits per heavy atom. The SMILES string of the molecule is O=C(CC(c1cccs1)c1cn(Cc2ccccc2)c2ccccc12)N1CCN(c2ccc([N+](=O)[O-])cc2)CC1. The first-order valence-electron chi connectivity index (χ1n) is 13.5. The van der Waals surface area contributed by atoms with E-state index in [0.717, 1.165) is 12.2 Å². The number of hydrogen-bond acceptors (Lipinski definition) is 5. The van der Waals surface area contributed by atoms with Gasteiger partial charge < -0.3 is 14.4 Å². The third kappa shape index (κ3) is 5.35. The van der Waals surface area contributed by atoms with Crippen LogP contribution < -0.4 is 4.90 Å². The molecule has 0 bridgehead atoms. The molecule has 8 heteroatoms. The van der Waals surface area contributed by atoms with Crippen molar-refractivity contribution in [2.24, 2.45) is 0 Å². The standard InChI is InChI=1S/C32H30N4O3S/c37-32(34-18-16-33(17-19-34)25-12-14-26(15-13-25)36(38)39)21-28(31-11-6-20-40-31)29-23-35(22-24-7-2-1-3-8-24)30-10-5-4-9-27(29)30/h1-15,20,23,28H,16-19,21-22H2. The first-order chi connectivity index (χ1) is 19.6. The molecule has 6 rings (SSSR count). The monoisotopic (exact) mass is 550 g/mol. The van der Waals surface area contributed by atoms with Gasteiger partial charge in [0, 0.05) is 84.9 Å². The van der Waals surface area contributed by atoms with Crippen LogP contribution >= 0.6 is 11.3 Å². The minimum absolute atomic E-state index is 0.0258. The van der Waals surface area contributed by atoms with E-state index in [0.29, 0.717) is 32.6 Å². The Hall–Kier alpha value is -4.43. The van der Waals surface area contributed by atoms with E-state index in [4.69, 9.17) is 0 Å². The zero-order valence-corrected chi connectivity index (χ0v) is 22.9. The van der Waals surface area contributed by atoms with Gasteiger partial charge >= 0.3 is 0 Å². The summed E-state index contributed by atoms with van der Waals surface area (Å²) in [7, 11) is 0. The number of piperazine rings is 1. The van der Waals surface area contributed by atoms with Crippen LogP contribution in [0.15, 0.2) is 103 Å². The summed E-state index contributed by atoms with van der Waals surface area (Å²) in [6, 6.07) is 29.8. The van der Waals surface area contributed by atoms with Crippen molar-refractivity contribution < 1.29 is 9.72 Å². The Bertz CT molecular complexity index is 1610. The Labute approximate surface area is 237 Å². The maximum Gasteiger partial charge on any atom is 0.269 e. The predicted molar refractivity (Wildman–Crippen MR) is 160 cm³/mol. The molecule has 2 aromatic heterocycles. The van der Waals surface area contributed by atoms with Gasteiger partial charge in [0.2, 0.25) is 5.91 Å². The molecule has 7 nitrogen and oxygen atoms in total. The number of nitro groups is 1. The van der Waals surface area contributed by atoms with Gasteiger partial charge in [-0.05, 0) is 40.8 Å². The lowest BCUT2D eigenvalue weighted by Gasteiger charge is -2.36. The Morgan fingerprint density at radius 1 is 0.875 bits per heavy atom. The van der Waals surface area contributed by atoms with Crippen molar-refractivity contribution in [3.63, 3.8) is 0 Å². The first-order valence-corrected chi connectivity index (χ1v) is 14.4. The van der Waals surface area contributed by atoms with Gasteiger partial charge in [0.1, 0.15) is 0 Å². The lowest BCUT2D eigenvalue weighted by molar-refractivity contribution is -0.384. The van der Waals surface area contributed by atoms with Gasteiger partial charge in [0.15, 0.2) is 0 Å². The van der Waals surface area contributed by atoms with E-state index in [9.17, 15) is 14.9 Å². The van der Waals surface area contributed by atoms with Gasteiger partial charge in [-0.1, -0.05) is 54.6 Å². The highest BCUT2D eigenvalue weighted by atomic mass is 32.1. The van der Waals surface area contributed by atoms with Crippen LogP contribution in [0.1, 0.15) is 28.3 Å². The second-order valence-corrected chi connectivity index (χ2v) is 11.1. The average Bonchev–Trinajstić information content (AvgIpc) is 3.66. The number of anilines is 1. The summed E-state index contributed by atoms with van der Waals surface area (Å²) in [5.74, 6) is 0.128. The topological polar surface area (TPSA) is 71.6 Å². The molecule has 5 aromatic rings. The molecule has 3 heterocycles. The summed E-state index contributed by atoms with van der Waals surface area (Å²) in [5, 5.41) is 14.3. The summed E-state index contributed by atoms with van der Waals surface area (Å²) < 4.78 is 2.30. The minimum atomic E-state index is -0.385. The van der Waals surface area contributed by atoms with Crippen molar-refractivity contribution in [3.8, 4) is 0 Å². The zero-order valence-electron chi connectivity index (χ0n) is 22.1. The van der Waals surface area contributed by atoms with Crippen LogP contribution in [0.2, 0.25) is 0 Å². The van der Waals surface area contributed by atoms with E-state index in [1.54, 1.807) is 23.5 Å². The van der Waals surface area contributed by atoms with Gasteiger partial charge in [-0.3, -0.25) is 14.9 Å². The maximum absolute atomic E-state index is 13.7. The maximum atomic E-state index is 13.7. The van der Waals surface area contributed by atoms with Crippen molar-refractivity contribution >= 4 is 39.5 Å². The molecule has 40 heavy (non-hydrogen) atoms. The molecule has 202 valence electrons. The molecule has 1 aliphatic rings. The normalized spacial score (nSPS) is 14.4. The number of amides is 1. The molecule has 1 amide bonds. The molecular formula is C32H30N4O3S. The van der Waals surface area contributed by atoms with E-state index in [2.05, 4.69) is 81.7 Å². The number of carbonyl (C=O) groups is 1. The number of para-hydroxylation sites is 1. The smallest absolute Gasteiger partial charge is 0.269 e. The third-order valence-electron chi connectivity index (χ3n) is 7.71. The van der Waals surface area contributed by atoms with Crippen LogP contribution in [0.25, 0.3) is 10.9 Å². The quantitative estimate of drug-likeness (QED) is 0.163. The first kappa shape index (κ1) is 25.8. The van der Waals surface area contributed by atoms with Crippen LogP contribution in [0.5, 0.6) is 0 Å². The largest absolute Gasteiger partial charge is 0.368 e. The Kier molecular flexibility index (Phi) is 7.33. The molecule has 1 fully saturated rings. The van der Waals surface area contributed by atoms with Crippen LogP contribution in [0.4, 0.5) is 11.4 Å². The number of nitro benzene ring substituents is 1. The fourth-order valence-electron chi connectivity index (χ4n) is 5.62. The van der Waals surface area contributed by atoms with Crippen LogP contribution in [0.3, 0.4) is 0 Å². The second-order valence-electron chi connectivity index (χ2n) is 10.1. The summed E-state index contributed by atoms with van der Waals surface area (Å²) in [6.07, 6.45) is 2.65. The number of non-ortho nitro benzene ring substituents is 1. The number of thiophene rings is 1. The van der Waals surface area contributed by atoms with Crippen molar-refractivity contribution in [1.82, 2.24) is 9.47 Å². The molecule has 0 spiro atoms. The number of carbonyl (C=O) groups excluding carboxylic acids is 1. The highest BCUT2D eigenvalue weighted by Crippen LogP contribution is 2.37. The van der Waals surface area contributed by atoms with Crippen LogP contribution in [0, 0.1) is 10.1 Å². The Morgan fingerprint density at radius 2 is 1.60 bits per heavy atom. The van der Waals surface area contributed by atoms with E-state index < -0.39 is 0 Å². The van der Waals surface area contributed by atoms with Crippen molar-refractivity contribution in [2.45, 2.75) is 18.9 Å². The van der Waals surface area contributed by atoms with Gasteiger partial charge in [-0.25, -0.2) is 0 Å². The lowest BCUT2D eigenvalue weighted by atomic mass is 9.93. The van der Waals surface area contributed by atoms with Gasteiger partial charge in [-0.2, -0.15) is 0 Å². The summed E-state index contributed by atoms with van der Waals surface area (Å²) >= 11 is 1.70. The van der Waals surface area contributed by atoms with Crippen molar-refractivity contribution in [2.75, 3.05) is 31.1 Å². The summed E-state index contributed by atoms with van der Waals surface area (Å²) in [4.78, 5) is 29.6. The minimum Gasteiger partial charge on any atom is -0.368 e. The molecule has 0 aliphatic carbocycles. The molecule has 1 atom stereocenters. The number of benzene rings is 3. The molecular weight excluding hydrogens is 520 g/mol. The van der Waals surface area contributed by atoms with E-state index in [-0.39, 0.29) is 22.4 Å². The number of nitrogens with zero attached hydrogens (tertiary/aromatic N) is 4. The van der Waals surface area contributed by atoms with Crippen molar-refractivity contribution in [3.05, 3.63) is 129 Å². The van der Waals surface area contributed by atoms with Gasteiger partial charge in [0.25, 0.3) is 5.69 Å². The number of hydrogen-bond donors (Lipinski definition) is 0. The summed E-state index contributed by atoms with van der Waals surface area (Å²) in [6.45, 7) is 3.43. The lowest BCUT2D eigenvalue weighted by Crippen LogP contribution is -2.49. The highest BCUT2D eigenvalue weighted by Gasteiger charge is 2.28. The highest BCUT2D eigenvalue weighted by molar-refractivity contribution is 7.10. The average molecular weight is 551 g/mol. The van der Waals surface area contributed by atoms with Crippen LogP contribution in [-0.4, -0.2) is 46.5 Å². The summed E-state index contributed by atoms with van der Waals surface area (Å²) in [5.41, 5.74) is 4.63. The zero-order chi connectivity index (χ0) is 27.5. The van der Waals surface area contributed by atoms with E-state index in [1.807, 2.05) is 11.0 Å². The van der Waals surface area contributed by atoms with Crippen molar-refractivity contribution in [1.29, 1.82) is 0 Å².